The molecule has 6 aromatic carbocycles. The molecule has 0 aliphatic carbocycles. The van der Waals surface area contributed by atoms with Gasteiger partial charge in [-0.2, -0.15) is 18.2 Å². The van der Waals surface area contributed by atoms with Crippen LogP contribution in [0.15, 0.2) is 164 Å². The van der Waals surface area contributed by atoms with E-state index in [1.165, 1.54) is 10.1 Å². The largest absolute Gasteiger partial charge is 0.510 e. The van der Waals surface area contributed by atoms with Gasteiger partial charge in [0, 0.05) is 56.7 Å². The van der Waals surface area contributed by atoms with E-state index in [1.807, 2.05) is 30.5 Å². The minimum Gasteiger partial charge on any atom is -0.510 e. The van der Waals surface area contributed by atoms with Crippen LogP contribution in [0.2, 0.25) is 0 Å². The number of pyridine rings is 1. The summed E-state index contributed by atoms with van der Waals surface area (Å²) >= 11 is 0. The van der Waals surface area contributed by atoms with Crippen molar-refractivity contribution in [2.75, 3.05) is 0 Å². The normalized spacial score (nSPS) is 14.6. The van der Waals surface area contributed by atoms with E-state index in [2.05, 4.69) is 75.0 Å². The summed E-state index contributed by atoms with van der Waals surface area (Å²) in [6.45, 7) is 8.91. The Morgan fingerprint density at radius 1 is 0.750 bits per heavy atom. The van der Waals surface area contributed by atoms with E-state index in [4.69, 9.17) is 23.4 Å². The third-order valence-corrected chi connectivity index (χ3v) is 9.98. The molecule has 1 atom stereocenters. The summed E-state index contributed by atoms with van der Waals surface area (Å²) in [4.78, 5) is 4.82. The molecule has 1 unspecified atom stereocenters. The van der Waals surface area contributed by atoms with Gasteiger partial charge in [0.1, 0.15) is 5.82 Å². The summed E-state index contributed by atoms with van der Waals surface area (Å²) in [6.07, 6.45) is 8.35. The monoisotopic (exact) mass is 917 g/mol. The van der Waals surface area contributed by atoms with Crippen molar-refractivity contribution in [1.82, 2.24) is 14.1 Å². The first-order chi connectivity index (χ1) is 31.0. The molecule has 0 spiro atoms. The topological polar surface area (TPSA) is 35.9 Å². The fourth-order valence-electron chi connectivity index (χ4n) is 6.80. The Balaban J connectivity index is 0.00000592. The fourth-order valence-corrected chi connectivity index (χ4v) is 6.80. The predicted octanol–water partition coefficient (Wildman–Crippen LogP) is 11.9. The summed E-state index contributed by atoms with van der Waals surface area (Å²) in [5, 5.41) is 2.04. The van der Waals surface area contributed by atoms with E-state index in [0.29, 0.717) is 17.2 Å². The molecule has 5 nitrogen and oxygen atoms in total. The summed E-state index contributed by atoms with van der Waals surface area (Å²) < 4.78 is 97.1. The molecule has 0 N–H and O–H groups in total. The van der Waals surface area contributed by atoms with Crippen LogP contribution in [0.1, 0.15) is 52.9 Å². The van der Waals surface area contributed by atoms with Crippen molar-refractivity contribution in [3.8, 4) is 50.9 Å². The first-order valence-corrected chi connectivity index (χ1v) is 17.9. The molecule has 0 bridgehead atoms. The Morgan fingerprint density at radius 2 is 1.43 bits per heavy atom. The Morgan fingerprint density at radius 3 is 2.14 bits per heavy atom. The van der Waals surface area contributed by atoms with Crippen molar-refractivity contribution >= 4 is 21.8 Å². The van der Waals surface area contributed by atoms with Gasteiger partial charge in [0.05, 0.1) is 19.4 Å². The standard InChI is InChI=1S/C50H40N4O.Pt/c1-35(50(2,3)4)38-27-28-51-48(31-38)54-46-24-12-11-21-44(46)45-26-25-41(33-47(45)54)55-40-20-13-19-39(32-40)52-29-30-53(34-52)49-42(36-15-7-5-8-16-36)22-14-23-43(49)37-17-9-6-10-18-37;/h5-31,35H,1-4H3;/q-2;/i5D,6D,7D,8D,9D,10D,15D,16D,17D,18D;. The van der Waals surface area contributed by atoms with Crippen LogP contribution in [0.25, 0.3) is 61.3 Å². The van der Waals surface area contributed by atoms with E-state index >= 15 is 0 Å². The van der Waals surface area contributed by atoms with Crippen molar-refractivity contribution in [2.45, 2.75) is 33.6 Å². The van der Waals surface area contributed by atoms with Gasteiger partial charge in [-0.25, -0.2) is 4.98 Å². The number of ether oxygens (including phenoxy) is 1. The molecule has 9 rings (SSSR count). The van der Waals surface area contributed by atoms with Gasteiger partial charge in [0.15, 0.2) is 0 Å². The number of hydrogen-bond acceptors (Lipinski definition) is 2. The molecule has 0 saturated heterocycles. The molecule has 0 aliphatic heterocycles. The number of hydrogen-bond donors (Lipinski definition) is 0. The zero-order chi connectivity index (χ0) is 46.2. The minimum absolute atomic E-state index is 0. The number of para-hydroxylation sites is 2. The predicted molar refractivity (Wildman–Crippen MR) is 221 cm³/mol. The molecule has 0 aliphatic rings. The Hall–Kier alpha value is -6.03. The van der Waals surface area contributed by atoms with Gasteiger partial charge in [-0.3, -0.25) is 4.57 Å². The zero-order valence-corrected chi connectivity index (χ0v) is 33.2. The van der Waals surface area contributed by atoms with Gasteiger partial charge >= 0.3 is 0 Å². The van der Waals surface area contributed by atoms with Gasteiger partial charge < -0.3 is 13.9 Å². The van der Waals surface area contributed by atoms with Crippen molar-refractivity contribution in [1.29, 1.82) is 0 Å². The summed E-state index contributed by atoms with van der Waals surface area (Å²) in [6, 6.07) is 27.8. The SMILES string of the molecule is [2H]c1c([2H])c([2H])c(-c2cccc(-c3c([2H])c([2H])c([2H])c([2H])c3[2H])c2-[n+]2[c-]n(-c3[c-]c(Oc4[c-]c5c(cc4)c4ccccc4n5-c4cc(C(C)C(C)(C)C)ccn4)ccc3)cc2)c([2H])c1[2H].[Pt]. The molecule has 6 heteroatoms. The maximum Gasteiger partial charge on any atom is 0.267 e. The number of aromatic nitrogens is 4. The van der Waals surface area contributed by atoms with Crippen LogP contribution in [0.4, 0.5) is 0 Å². The molecule has 0 radical (unpaired) electrons. The van der Waals surface area contributed by atoms with Crippen molar-refractivity contribution < 1.29 is 44.1 Å². The Labute approximate surface area is 356 Å². The summed E-state index contributed by atoms with van der Waals surface area (Å²) in [7, 11) is 0. The second kappa shape index (κ2) is 15.2. The zero-order valence-electron chi connectivity index (χ0n) is 40.9. The van der Waals surface area contributed by atoms with Crippen LogP contribution < -0.4 is 9.30 Å². The van der Waals surface area contributed by atoms with E-state index in [9.17, 15) is 0 Å². The molecule has 3 aromatic heterocycles. The number of imidazole rings is 1. The van der Waals surface area contributed by atoms with E-state index in [1.54, 1.807) is 53.4 Å². The van der Waals surface area contributed by atoms with Crippen molar-refractivity contribution in [2.24, 2.45) is 5.41 Å². The van der Waals surface area contributed by atoms with Crippen LogP contribution in [0.3, 0.4) is 0 Å². The van der Waals surface area contributed by atoms with Crippen molar-refractivity contribution in [3.63, 3.8) is 0 Å². The molecule has 0 amide bonds. The molecule has 56 heavy (non-hydrogen) atoms. The fraction of sp³-hybridized carbons (Fsp3) is 0.120. The number of rotatable bonds is 8. The quantitative estimate of drug-likeness (QED) is 0.112. The molecule has 0 fully saturated rings. The van der Waals surface area contributed by atoms with E-state index in [-0.39, 0.29) is 60.3 Å². The second-order valence-electron chi connectivity index (χ2n) is 14.3. The maximum atomic E-state index is 8.83. The number of nitrogens with zero attached hydrogens (tertiary/aromatic N) is 4. The average Bonchev–Trinajstić information content (AvgIpc) is 3.92. The third kappa shape index (κ3) is 7.00. The van der Waals surface area contributed by atoms with Gasteiger partial charge in [0.2, 0.25) is 0 Å². The molecular weight excluding hydrogens is 868 g/mol. The molecule has 278 valence electrons. The molecule has 9 aromatic rings. The van der Waals surface area contributed by atoms with Crippen LogP contribution in [-0.4, -0.2) is 14.1 Å². The maximum absolute atomic E-state index is 8.83. The molecule has 3 heterocycles. The first-order valence-electron chi connectivity index (χ1n) is 22.9. The van der Waals surface area contributed by atoms with Gasteiger partial charge in [0.25, 0.3) is 6.33 Å². The van der Waals surface area contributed by atoms with Crippen LogP contribution in [0.5, 0.6) is 11.5 Å². The average molecular weight is 918 g/mol. The molecule has 0 saturated carbocycles. The van der Waals surface area contributed by atoms with E-state index in [0.717, 1.165) is 27.6 Å². The number of benzene rings is 6. The summed E-state index contributed by atoms with van der Waals surface area (Å²) in [5.41, 5.74) is 3.71. The second-order valence-corrected chi connectivity index (χ2v) is 14.3. The Kier molecular flexibility index (Phi) is 7.27. The Bertz CT molecular complexity index is 3250. The number of fused-ring (bicyclic) bond motifs is 3. The van der Waals surface area contributed by atoms with Gasteiger partial charge in [-0.05, 0) is 68.4 Å². The van der Waals surface area contributed by atoms with Crippen LogP contribution >= 0.6 is 0 Å². The third-order valence-electron chi connectivity index (χ3n) is 9.98. The van der Waals surface area contributed by atoms with E-state index < -0.39 is 60.4 Å². The first kappa shape index (κ1) is 26.7. The smallest absolute Gasteiger partial charge is 0.267 e. The van der Waals surface area contributed by atoms with Gasteiger partial charge in [-0.1, -0.05) is 130 Å². The molecular formula is C50H40N4OPt-2. The van der Waals surface area contributed by atoms with Crippen LogP contribution in [0, 0.1) is 23.9 Å². The van der Waals surface area contributed by atoms with Crippen LogP contribution in [-0.2, 0) is 21.1 Å². The summed E-state index contributed by atoms with van der Waals surface area (Å²) in [5.74, 6) is 1.85. The van der Waals surface area contributed by atoms with Crippen molar-refractivity contribution in [3.05, 3.63) is 188 Å². The van der Waals surface area contributed by atoms with Gasteiger partial charge in [-0.15, -0.1) is 29.7 Å². The minimum atomic E-state index is -0.567.